The molecule has 6 nitrogen and oxygen atoms in total. The molecule has 0 aromatic heterocycles. The van der Waals surface area contributed by atoms with Crippen molar-refractivity contribution in [3.63, 3.8) is 0 Å². The highest BCUT2D eigenvalue weighted by Crippen LogP contribution is 2.31. The monoisotopic (exact) mass is 255 g/mol. The molecule has 2 fully saturated rings. The van der Waals surface area contributed by atoms with Crippen LogP contribution in [-0.4, -0.2) is 48.6 Å². The van der Waals surface area contributed by atoms with Gasteiger partial charge in [0, 0.05) is 19.6 Å². The summed E-state index contributed by atoms with van der Waals surface area (Å²) in [5.41, 5.74) is 10.3. The van der Waals surface area contributed by atoms with Gasteiger partial charge in [-0.05, 0) is 26.2 Å². The molecule has 2 saturated heterocycles. The lowest BCUT2D eigenvalue weighted by Gasteiger charge is -2.23. The lowest BCUT2D eigenvalue weighted by molar-refractivity contribution is -0.142. The van der Waals surface area contributed by atoms with Gasteiger partial charge in [0.1, 0.15) is 6.10 Å². The first-order valence-corrected chi connectivity index (χ1v) is 6.40. The third-order valence-electron chi connectivity index (χ3n) is 4.03. The van der Waals surface area contributed by atoms with Gasteiger partial charge in [0.15, 0.2) is 0 Å². The molecule has 2 aliphatic heterocycles. The van der Waals surface area contributed by atoms with Crippen LogP contribution < -0.4 is 11.5 Å². The first kappa shape index (κ1) is 13.3. The summed E-state index contributed by atoms with van der Waals surface area (Å²) >= 11 is 0. The molecule has 0 radical (unpaired) electrons. The van der Waals surface area contributed by atoms with Gasteiger partial charge in [0.05, 0.1) is 11.5 Å². The van der Waals surface area contributed by atoms with E-state index >= 15 is 0 Å². The fraction of sp³-hybridized carbons (Fsp3) is 0.833. The first-order chi connectivity index (χ1) is 8.46. The van der Waals surface area contributed by atoms with E-state index in [-0.39, 0.29) is 17.9 Å². The highest BCUT2D eigenvalue weighted by molar-refractivity contribution is 5.85. The van der Waals surface area contributed by atoms with Crippen LogP contribution in [0.1, 0.15) is 26.2 Å². The highest BCUT2D eigenvalue weighted by Gasteiger charge is 2.43. The van der Waals surface area contributed by atoms with Crippen molar-refractivity contribution < 1.29 is 14.3 Å². The molecule has 2 heterocycles. The van der Waals surface area contributed by atoms with E-state index in [0.717, 1.165) is 6.42 Å². The van der Waals surface area contributed by atoms with E-state index in [0.29, 0.717) is 32.5 Å². The summed E-state index contributed by atoms with van der Waals surface area (Å²) in [6, 6.07) is 0. The molecule has 3 atom stereocenters. The second-order valence-electron chi connectivity index (χ2n) is 5.49. The normalized spacial score (nSPS) is 36.0. The van der Waals surface area contributed by atoms with Gasteiger partial charge in [-0.1, -0.05) is 0 Å². The maximum Gasteiger partial charge on any atom is 0.251 e. The second kappa shape index (κ2) is 4.85. The van der Waals surface area contributed by atoms with Crippen LogP contribution in [0.15, 0.2) is 0 Å². The van der Waals surface area contributed by atoms with Gasteiger partial charge in [0.2, 0.25) is 5.91 Å². The van der Waals surface area contributed by atoms with Crippen LogP contribution in [0.3, 0.4) is 0 Å². The topological polar surface area (TPSA) is 98.7 Å². The number of hydrogen-bond donors (Lipinski definition) is 2. The van der Waals surface area contributed by atoms with Crippen molar-refractivity contribution in [3.05, 3.63) is 0 Å². The molecule has 2 amide bonds. The van der Waals surface area contributed by atoms with Crippen molar-refractivity contribution in [3.8, 4) is 0 Å². The smallest absolute Gasteiger partial charge is 0.251 e. The minimum absolute atomic E-state index is 0.0101. The number of likely N-dealkylation sites (tertiary alicyclic amines) is 1. The Balaban J connectivity index is 1.94. The van der Waals surface area contributed by atoms with Crippen molar-refractivity contribution in [1.29, 1.82) is 0 Å². The Morgan fingerprint density at radius 3 is 2.67 bits per heavy atom. The molecule has 0 bridgehead atoms. The van der Waals surface area contributed by atoms with Gasteiger partial charge in [-0.15, -0.1) is 0 Å². The fourth-order valence-corrected chi connectivity index (χ4v) is 2.61. The summed E-state index contributed by atoms with van der Waals surface area (Å²) in [5, 5.41) is 0. The lowest BCUT2D eigenvalue weighted by atomic mass is 9.89. The second-order valence-corrected chi connectivity index (χ2v) is 5.49. The summed E-state index contributed by atoms with van der Waals surface area (Å²) in [4.78, 5) is 25.3. The summed E-state index contributed by atoms with van der Waals surface area (Å²) in [6.07, 6.45) is 1.76. The number of nitrogens with two attached hydrogens (primary N) is 2. The van der Waals surface area contributed by atoms with Crippen LogP contribution >= 0.6 is 0 Å². The van der Waals surface area contributed by atoms with Crippen molar-refractivity contribution in [2.45, 2.75) is 38.4 Å². The lowest BCUT2D eigenvalue weighted by Crippen LogP contribution is -2.42. The van der Waals surface area contributed by atoms with Gasteiger partial charge >= 0.3 is 0 Å². The van der Waals surface area contributed by atoms with Crippen molar-refractivity contribution in [2.75, 3.05) is 19.6 Å². The number of ether oxygens (including phenoxy) is 1. The average Bonchev–Trinajstić information content (AvgIpc) is 2.95. The molecule has 3 unspecified atom stereocenters. The van der Waals surface area contributed by atoms with E-state index in [2.05, 4.69) is 0 Å². The molecule has 6 heteroatoms. The molecule has 18 heavy (non-hydrogen) atoms. The van der Waals surface area contributed by atoms with Gasteiger partial charge in [-0.2, -0.15) is 0 Å². The molecule has 102 valence electrons. The van der Waals surface area contributed by atoms with Crippen LogP contribution in [0.25, 0.3) is 0 Å². The summed E-state index contributed by atoms with van der Waals surface area (Å²) in [7, 11) is 0. The number of rotatable bonds is 3. The molecular formula is C12H21N3O3. The van der Waals surface area contributed by atoms with Crippen molar-refractivity contribution in [1.82, 2.24) is 4.90 Å². The Morgan fingerprint density at radius 2 is 2.17 bits per heavy atom. The van der Waals surface area contributed by atoms with Crippen LogP contribution in [-0.2, 0) is 14.3 Å². The SMILES string of the molecule is CC1(C(N)=O)CCN(C(=O)C2CCC(CN)O2)C1. The van der Waals surface area contributed by atoms with E-state index in [9.17, 15) is 9.59 Å². The number of carbonyl (C=O) groups is 2. The zero-order valence-electron chi connectivity index (χ0n) is 10.7. The number of hydrogen-bond acceptors (Lipinski definition) is 4. The minimum Gasteiger partial charge on any atom is -0.369 e. The number of primary amides is 1. The Bertz CT molecular complexity index is 360. The summed E-state index contributed by atoms with van der Waals surface area (Å²) in [6.45, 7) is 3.23. The van der Waals surface area contributed by atoms with E-state index < -0.39 is 11.5 Å². The maximum atomic E-state index is 12.2. The fourth-order valence-electron chi connectivity index (χ4n) is 2.61. The third-order valence-corrected chi connectivity index (χ3v) is 4.03. The predicted octanol–water partition coefficient (Wildman–Crippen LogP) is -0.783. The third kappa shape index (κ3) is 2.35. The minimum atomic E-state index is -0.596. The molecule has 0 aromatic rings. The number of amides is 2. The Kier molecular flexibility index (Phi) is 3.59. The first-order valence-electron chi connectivity index (χ1n) is 6.40. The van der Waals surface area contributed by atoms with Crippen LogP contribution in [0, 0.1) is 5.41 Å². The van der Waals surface area contributed by atoms with E-state index in [1.165, 1.54) is 0 Å². The number of carbonyl (C=O) groups excluding carboxylic acids is 2. The van der Waals surface area contributed by atoms with Gasteiger partial charge in [-0.3, -0.25) is 9.59 Å². The van der Waals surface area contributed by atoms with Crippen LogP contribution in [0.4, 0.5) is 0 Å². The Morgan fingerprint density at radius 1 is 1.44 bits per heavy atom. The van der Waals surface area contributed by atoms with Crippen LogP contribution in [0.5, 0.6) is 0 Å². The molecule has 0 saturated carbocycles. The van der Waals surface area contributed by atoms with Gasteiger partial charge in [0.25, 0.3) is 5.91 Å². The summed E-state index contributed by atoms with van der Waals surface area (Å²) in [5.74, 6) is -0.374. The molecule has 2 rings (SSSR count). The molecular weight excluding hydrogens is 234 g/mol. The van der Waals surface area contributed by atoms with Gasteiger partial charge < -0.3 is 21.1 Å². The zero-order valence-corrected chi connectivity index (χ0v) is 10.7. The number of nitrogens with zero attached hydrogens (tertiary/aromatic N) is 1. The maximum absolute atomic E-state index is 12.2. The average molecular weight is 255 g/mol. The summed E-state index contributed by atoms with van der Waals surface area (Å²) < 4.78 is 5.58. The van der Waals surface area contributed by atoms with Crippen molar-refractivity contribution >= 4 is 11.8 Å². The highest BCUT2D eigenvalue weighted by atomic mass is 16.5. The quantitative estimate of drug-likeness (QED) is 0.691. The largest absolute Gasteiger partial charge is 0.369 e. The van der Waals surface area contributed by atoms with Crippen LogP contribution in [0.2, 0.25) is 0 Å². The van der Waals surface area contributed by atoms with E-state index in [1.54, 1.807) is 11.8 Å². The van der Waals surface area contributed by atoms with Crippen molar-refractivity contribution in [2.24, 2.45) is 16.9 Å². The Labute approximate surface area is 107 Å². The predicted molar refractivity (Wildman–Crippen MR) is 65.4 cm³/mol. The molecule has 0 spiro atoms. The molecule has 0 aliphatic carbocycles. The van der Waals surface area contributed by atoms with E-state index in [4.69, 9.17) is 16.2 Å². The Hall–Kier alpha value is -1.14. The van der Waals surface area contributed by atoms with E-state index in [1.807, 2.05) is 0 Å². The molecule has 4 N–H and O–H groups in total. The standard InChI is InChI=1S/C12H21N3O3/c1-12(11(14)17)4-5-15(7-12)10(16)9-3-2-8(6-13)18-9/h8-9H,2-7,13H2,1H3,(H2,14,17). The van der Waals surface area contributed by atoms with Gasteiger partial charge in [-0.25, -0.2) is 0 Å². The molecule has 0 aromatic carbocycles. The zero-order chi connectivity index (χ0) is 13.3. The molecule has 2 aliphatic rings.